The molecule has 0 bridgehead atoms. The highest BCUT2D eigenvalue weighted by Crippen LogP contribution is 2.36. The number of furan rings is 1. The van der Waals surface area contributed by atoms with Gasteiger partial charge in [0, 0.05) is 24.2 Å². The van der Waals surface area contributed by atoms with Gasteiger partial charge in [0.25, 0.3) is 0 Å². The fourth-order valence-electron chi connectivity index (χ4n) is 3.26. The molecule has 0 saturated heterocycles. The van der Waals surface area contributed by atoms with Crippen molar-refractivity contribution >= 4 is 0 Å². The summed E-state index contributed by atoms with van der Waals surface area (Å²) in [7, 11) is 6.61. The number of hydrogen-bond donors (Lipinski definition) is 1. The molecule has 1 aliphatic carbocycles. The Bertz CT molecular complexity index is 449. The van der Waals surface area contributed by atoms with Crippen molar-refractivity contribution in [3.63, 3.8) is 0 Å². The second-order valence-electron chi connectivity index (χ2n) is 6.72. The van der Waals surface area contributed by atoms with Crippen LogP contribution in [0.1, 0.15) is 43.3 Å². The van der Waals surface area contributed by atoms with E-state index in [1.807, 2.05) is 0 Å². The average molecular weight is 293 g/mol. The molecule has 0 spiro atoms. The van der Waals surface area contributed by atoms with Crippen LogP contribution in [0, 0.1) is 6.92 Å². The van der Waals surface area contributed by atoms with Crippen LogP contribution in [0.25, 0.3) is 0 Å². The van der Waals surface area contributed by atoms with Crippen LogP contribution >= 0.6 is 0 Å². The fourth-order valence-corrected chi connectivity index (χ4v) is 3.26. The molecule has 2 rings (SSSR count). The van der Waals surface area contributed by atoms with Crippen molar-refractivity contribution in [3.05, 3.63) is 23.2 Å². The van der Waals surface area contributed by atoms with Gasteiger partial charge in [0.1, 0.15) is 11.5 Å². The molecular weight excluding hydrogens is 262 g/mol. The van der Waals surface area contributed by atoms with Crippen LogP contribution in [0.2, 0.25) is 0 Å². The quantitative estimate of drug-likeness (QED) is 0.798. The van der Waals surface area contributed by atoms with Crippen LogP contribution in [0.3, 0.4) is 0 Å². The predicted octanol–water partition coefficient (Wildman–Crippen LogP) is 2.61. The smallest absolute Gasteiger partial charge is 0.118 e. The van der Waals surface area contributed by atoms with Gasteiger partial charge in [-0.15, -0.1) is 0 Å². The van der Waals surface area contributed by atoms with E-state index in [4.69, 9.17) is 4.42 Å². The van der Waals surface area contributed by atoms with Crippen LogP contribution in [-0.2, 0) is 13.1 Å². The molecule has 1 N–H and O–H groups in total. The molecule has 1 aromatic rings. The van der Waals surface area contributed by atoms with Gasteiger partial charge in [-0.25, -0.2) is 0 Å². The third-order valence-electron chi connectivity index (χ3n) is 4.86. The van der Waals surface area contributed by atoms with Crippen LogP contribution < -0.4 is 5.32 Å². The molecular formula is C17H31N3O. The third-order valence-corrected chi connectivity index (χ3v) is 4.86. The molecule has 1 aliphatic rings. The zero-order valence-corrected chi connectivity index (χ0v) is 14.3. The Morgan fingerprint density at radius 1 is 1.29 bits per heavy atom. The zero-order chi connectivity index (χ0) is 15.5. The zero-order valence-electron chi connectivity index (χ0n) is 14.3. The normalized spacial score (nSPS) is 17.5. The van der Waals surface area contributed by atoms with Crippen molar-refractivity contribution in [1.82, 2.24) is 15.1 Å². The van der Waals surface area contributed by atoms with E-state index in [1.165, 1.54) is 24.8 Å². The summed E-state index contributed by atoms with van der Waals surface area (Å²) in [6.07, 6.45) is 3.99. The molecule has 0 unspecified atom stereocenters. The van der Waals surface area contributed by atoms with Gasteiger partial charge in [-0.1, -0.05) is 6.92 Å². The van der Waals surface area contributed by atoms with Crippen LogP contribution in [0.5, 0.6) is 0 Å². The third kappa shape index (κ3) is 3.87. The van der Waals surface area contributed by atoms with E-state index in [1.54, 1.807) is 0 Å². The summed E-state index contributed by atoms with van der Waals surface area (Å²) in [6, 6.07) is 2.21. The Kier molecular flexibility index (Phi) is 5.47. The second kappa shape index (κ2) is 6.95. The Balaban J connectivity index is 1.92. The first-order valence-electron chi connectivity index (χ1n) is 8.12. The Morgan fingerprint density at radius 2 is 2.00 bits per heavy atom. The number of hydrogen-bond acceptors (Lipinski definition) is 4. The van der Waals surface area contributed by atoms with Gasteiger partial charge in [-0.05, 0) is 59.9 Å². The van der Waals surface area contributed by atoms with E-state index in [2.05, 4.69) is 56.2 Å². The van der Waals surface area contributed by atoms with Gasteiger partial charge < -0.3 is 14.6 Å². The average Bonchev–Trinajstić information content (AvgIpc) is 2.71. The van der Waals surface area contributed by atoms with Gasteiger partial charge in [0.15, 0.2) is 0 Å². The summed E-state index contributed by atoms with van der Waals surface area (Å²) in [6.45, 7) is 8.08. The van der Waals surface area contributed by atoms with Crippen LogP contribution in [0.4, 0.5) is 0 Å². The van der Waals surface area contributed by atoms with E-state index in [-0.39, 0.29) is 0 Å². The van der Waals surface area contributed by atoms with Crippen molar-refractivity contribution in [2.75, 3.05) is 34.2 Å². The highest BCUT2D eigenvalue weighted by atomic mass is 16.3. The molecule has 120 valence electrons. The van der Waals surface area contributed by atoms with E-state index in [0.717, 1.165) is 37.7 Å². The lowest BCUT2D eigenvalue weighted by atomic mass is 9.75. The standard InChI is InChI=1S/C17H31N3O/c1-6-18-11-15-10-16(21-14(15)2)12-20(5)13-17(19(3)4)8-7-9-17/h10,18H,6-9,11-13H2,1-5H3. The first kappa shape index (κ1) is 16.5. The molecule has 4 heteroatoms. The van der Waals surface area contributed by atoms with Crippen LogP contribution in [-0.4, -0.2) is 49.6 Å². The van der Waals surface area contributed by atoms with Gasteiger partial charge in [-0.2, -0.15) is 0 Å². The highest BCUT2D eigenvalue weighted by molar-refractivity contribution is 5.20. The van der Waals surface area contributed by atoms with E-state index >= 15 is 0 Å². The first-order chi connectivity index (χ1) is 9.97. The molecule has 21 heavy (non-hydrogen) atoms. The van der Waals surface area contributed by atoms with Crippen molar-refractivity contribution in [1.29, 1.82) is 0 Å². The Morgan fingerprint density at radius 3 is 2.52 bits per heavy atom. The predicted molar refractivity (Wildman–Crippen MR) is 87.4 cm³/mol. The SMILES string of the molecule is CCNCc1cc(CN(C)CC2(N(C)C)CCC2)oc1C. The highest BCUT2D eigenvalue weighted by Gasteiger charge is 2.39. The first-order valence-corrected chi connectivity index (χ1v) is 8.12. The van der Waals surface area contributed by atoms with E-state index in [9.17, 15) is 0 Å². The maximum Gasteiger partial charge on any atom is 0.118 e. The summed E-state index contributed by atoms with van der Waals surface area (Å²) in [4.78, 5) is 4.80. The molecule has 0 atom stereocenters. The second-order valence-corrected chi connectivity index (χ2v) is 6.72. The summed E-state index contributed by atoms with van der Waals surface area (Å²) in [5.41, 5.74) is 1.66. The lowest BCUT2D eigenvalue weighted by Crippen LogP contribution is -2.56. The summed E-state index contributed by atoms with van der Waals surface area (Å²) < 4.78 is 5.91. The van der Waals surface area contributed by atoms with E-state index in [0.29, 0.717) is 5.54 Å². The fraction of sp³-hybridized carbons (Fsp3) is 0.765. The number of rotatable bonds is 8. The number of nitrogens with one attached hydrogen (secondary N) is 1. The summed E-state index contributed by atoms with van der Waals surface area (Å²) >= 11 is 0. The maximum atomic E-state index is 5.91. The van der Waals surface area contributed by atoms with Crippen molar-refractivity contribution in [2.45, 2.75) is 51.7 Å². The lowest BCUT2D eigenvalue weighted by Gasteiger charge is -2.49. The maximum absolute atomic E-state index is 5.91. The summed E-state index contributed by atoms with van der Waals surface area (Å²) in [5, 5.41) is 3.36. The molecule has 1 aromatic heterocycles. The molecule has 1 fully saturated rings. The topological polar surface area (TPSA) is 31.6 Å². The van der Waals surface area contributed by atoms with Gasteiger partial charge in [-0.3, -0.25) is 4.90 Å². The largest absolute Gasteiger partial charge is 0.465 e. The summed E-state index contributed by atoms with van der Waals surface area (Å²) in [5.74, 6) is 2.13. The minimum absolute atomic E-state index is 0.378. The Labute approximate surface area is 129 Å². The van der Waals surface area contributed by atoms with Crippen molar-refractivity contribution < 1.29 is 4.42 Å². The molecule has 0 amide bonds. The monoisotopic (exact) mass is 293 g/mol. The van der Waals surface area contributed by atoms with Crippen molar-refractivity contribution in [3.8, 4) is 0 Å². The molecule has 4 nitrogen and oxygen atoms in total. The number of aryl methyl sites for hydroxylation is 1. The molecule has 1 saturated carbocycles. The number of nitrogens with zero attached hydrogens (tertiary/aromatic N) is 2. The Hall–Kier alpha value is -0.840. The lowest BCUT2D eigenvalue weighted by molar-refractivity contribution is 0.0243. The van der Waals surface area contributed by atoms with E-state index < -0.39 is 0 Å². The molecule has 1 heterocycles. The van der Waals surface area contributed by atoms with Crippen molar-refractivity contribution in [2.24, 2.45) is 0 Å². The van der Waals surface area contributed by atoms with Gasteiger partial charge in [0.2, 0.25) is 0 Å². The van der Waals surface area contributed by atoms with Crippen LogP contribution in [0.15, 0.2) is 10.5 Å². The molecule has 0 radical (unpaired) electrons. The van der Waals surface area contributed by atoms with Gasteiger partial charge in [0.05, 0.1) is 6.54 Å². The molecule has 0 aliphatic heterocycles. The minimum atomic E-state index is 0.378. The number of likely N-dealkylation sites (N-methyl/N-ethyl adjacent to an activating group) is 2. The molecule has 0 aromatic carbocycles. The minimum Gasteiger partial charge on any atom is -0.465 e. The van der Waals surface area contributed by atoms with Gasteiger partial charge >= 0.3 is 0 Å².